The van der Waals surface area contributed by atoms with Crippen molar-refractivity contribution < 1.29 is 60.6 Å². The van der Waals surface area contributed by atoms with E-state index in [0.29, 0.717) is 89.0 Å². The monoisotopic (exact) mass is 1800 g/mol. The molecule has 0 bridgehead atoms. The minimum atomic E-state index is -4.98. The third kappa shape index (κ3) is 22.0. The molecule has 5 aliphatic rings. The van der Waals surface area contributed by atoms with Gasteiger partial charge in [-0.25, -0.2) is 24.9 Å². The Kier molecular flexibility index (Phi) is 28.3. The van der Waals surface area contributed by atoms with Crippen LogP contribution >= 0.6 is 22.7 Å². The van der Waals surface area contributed by atoms with Crippen LogP contribution in [0.15, 0.2) is 127 Å². The van der Waals surface area contributed by atoms with Crippen molar-refractivity contribution in [2.24, 2.45) is 0 Å². The summed E-state index contributed by atoms with van der Waals surface area (Å²) >= 11 is 2.95. The molecule has 0 aliphatic carbocycles. The maximum Gasteiger partial charge on any atom is 0.573 e. The number of hydrogen-bond donors (Lipinski definition) is 9. The van der Waals surface area contributed by atoms with E-state index >= 15 is 0 Å². The Hall–Kier alpha value is -14.1. The zero-order valence-corrected chi connectivity index (χ0v) is 72.7. The highest BCUT2D eigenvalue weighted by Crippen LogP contribution is 2.43. The number of likely N-dealkylation sites (N-methyl/N-ethyl adjacent to an activating group) is 1. The minimum absolute atomic E-state index is 0.0252. The lowest BCUT2D eigenvalue weighted by molar-refractivity contribution is -0.274. The molecule has 0 radical (unpaired) electrons. The molecule has 0 saturated carbocycles. The van der Waals surface area contributed by atoms with Crippen LogP contribution in [0.25, 0.3) is 32.1 Å². The molecule has 13 aromatic rings. The molecule has 13 heterocycles. The highest BCUT2D eigenvalue weighted by molar-refractivity contribution is 7.20. The Bertz CT molecular complexity index is 5910. The number of hydrogen-bond acceptors (Lipinski definition) is 39. The van der Waals surface area contributed by atoms with Crippen molar-refractivity contribution >= 4 is 143 Å². The van der Waals surface area contributed by atoms with Crippen molar-refractivity contribution in [1.82, 2.24) is 88.9 Å². The van der Waals surface area contributed by atoms with Gasteiger partial charge in [-0.05, 0) is 86.3 Å². The summed E-state index contributed by atoms with van der Waals surface area (Å²) < 4.78 is 94.3. The van der Waals surface area contributed by atoms with Gasteiger partial charge < -0.3 is 122 Å². The summed E-state index contributed by atoms with van der Waals surface area (Å²) in [6, 6.07) is 33.2. The molecule has 5 saturated heterocycles. The number of rotatable bonds is 24. The molecule has 13 N–H and O–H groups in total. The predicted molar refractivity (Wildman–Crippen MR) is 483 cm³/mol. The smallest absolute Gasteiger partial charge is 0.497 e. The van der Waals surface area contributed by atoms with Crippen molar-refractivity contribution in [3.63, 3.8) is 0 Å². The summed E-state index contributed by atoms with van der Waals surface area (Å²) in [6.45, 7) is 18.4. The number of nitrogens with one attached hydrogen (secondary N) is 5. The summed E-state index contributed by atoms with van der Waals surface area (Å²) in [6.07, 6.45) is -1.05. The van der Waals surface area contributed by atoms with E-state index in [2.05, 4.69) is 135 Å². The Morgan fingerprint density at radius 3 is 1.39 bits per heavy atom. The summed E-state index contributed by atoms with van der Waals surface area (Å²) in [5.41, 5.74) is 32.2. The SMILES string of the molecule is CC(=O)Nc1cc(OC(F)(F)F)c(Nc2nc(N)n(-c3ccccn3)n2)cc1N1CCOCC1.CCc1csc(-n2nc(Nc3ccc(N4CCOCC4)cc3OC)nc2N)n1.COc1cc(N2CCOCC2)ccc1Nc1nc(N)n(-c2cc(N3CCN(C)CC3)ncn2)n1.COc1ccc2nc(-n3nc(Nc4ccc(N5CCOCC5)cc4OC)nc3N)sc2c1. The molecule has 5 aromatic carbocycles. The van der Waals surface area contributed by atoms with Crippen LogP contribution in [0.5, 0.6) is 28.7 Å². The van der Waals surface area contributed by atoms with Gasteiger partial charge >= 0.3 is 6.36 Å². The number of carbonyl (C=O) groups excluding carboxylic acids is 1. The van der Waals surface area contributed by atoms with Gasteiger partial charge in [-0.15, -0.1) is 44.9 Å². The molecule has 18 rings (SSSR count). The number of fused-ring (bicyclic) bond motifs is 1. The number of nitrogens with zero attached hydrogens (tertiary/aromatic N) is 23. The number of pyridine rings is 1. The highest BCUT2D eigenvalue weighted by Gasteiger charge is 2.34. The maximum atomic E-state index is 13.2. The number of nitrogen functional groups attached to an aromatic ring is 4. The summed E-state index contributed by atoms with van der Waals surface area (Å²) in [5, 5.41) is 35.9. The van der Waals surface area contributed by atoms with Crippen molar-refractivity contribution in [3.05, 3.63) is 133 Å². The average Bonchev–Trinajstić information content (AvgIpc) is 1.81. The normalized spacial score (nSPS) is 14.9. The number of amides is 1. The third-order valence-electron chi connectivity index (χ3n) is 20.6. The minimum Gasteiger partial charge on any atom is -0.497 e. The summed E-state index contributed by atoms with van der Waals surface area (Å²) in [5.74, 6) is 5.39. The first-order valence-electron chi connectivity index (χ1n) is 40.7. The first-order chi connectivity index (χ1) is 62.1. The molecule has 674 valence electrons. The van der Waals surface area contributed by atoms with E-state index in [1.165, 1.54) is 62.2 Å². The lowest BCUT2D eigenvalue weighted by Crippen LogP contribution is -2.44. The van der Waals surface area contributed by atoms with Gasteiger partial charge in [0, 0.05) is 144 Å². The first-order valence-corrected chi connectivity index (χ1v) is 42.4. The molecule has 42 nitrogen and oxygen atoms in total. The van der Waals surface area contributed by atoms with Crippen LogP contribution in [0.1, 0.15) is 19.5 Å². The highest BCUT2D eigenvalue weighted by atomic mass is 32.1. The van der Waals surface area contributed by atoms with Crippen LogP contribution in [0.3, 0.4) is 0 Å². The van der Waals surface area contributed by atoms with Gasteiger partial charge in [-0.3, -0.25) is 4.79 Å². The molecule has 47 heteroatoms. The van der Waals surface area contributed by atoms with Gasteiger partial charge in [-0.1, -0.05) is 24.3 Å². The zero-order valence-electron chi connectivity index (χ0n) is 71.1. The number of ether oxygens (including phenoxy) is 9. The second kappa shape index (κ2) is 40.9. The summed E-state index contributed by atoms with van der Waals surface area (Å²) in [4.78, 5) is 64.1. The van der Waals surface area contributed by atoms with Crippen molar-refractivity contribution in [3.8, 4) is 50.6 Å². The molecule has 0 unspecified atom stereocenters. The number of benzene rings is 5. The van der Waals surface area contributed by atoms with Crippen molar-refractivity contribution in [1.29, 1.82) is 0 Å². The number of morpholine rings is 4. The number of nitrogens with two attached hydrogens (primary N) is 4. The van der Waals surface area contributed by atoms with Crippen molar-refractivity contribution in [2.45, 2.75) is 26.6 Å². The largest absolute Gasteiger partial charge is 0.573 e. The molecule has 128 heavy (non-hydrogen) atoms. The topological polar surface area (TPSA) is 471 Å². The van der Waals surface area contributed by atoms with E-state index in [0.717, 1.165) is 179 Å². The number of alkyl halides is 3. The standard InChI is InChI=1S/C22H30N10O2.C21H23N7O3S.C20H21F3N8O3.C18H23N7O2S/c1-29-5-7-31(8-6-29)19-14-20(25-15-24-19)32-21(23)27-22(28-32)26-17-4-3-16(13-18(17)33-2)30-9-11-34-12-10-30;1-29-14-4-6-16-18(12-14)32-21(24-16)28-19(22)25-20(26-28)23-15-5-3-13(11-17(15)30-2)27-7-9-31-10-8-27;1-12(32)26-13-11-16(34-20(21,22)23)14(10-15(13)30-6-8-33-9-7-30)27-19-28-18(24)31(29-19)17-4-2-3-5-25-17;1-3-12-11-28-18(20-12)25-16(19)22-17(23-25)21-14-5-4-13(10-15(14)26-2)24-6-8-27-9-7-24/h3-4,13-15H,5-12H2,1-2H3,(H3,23,26,27,28);3-6,11-12H,7-10H2,1-2H3,(H3,22,23,25,26);2-5,10-11H,6-9H2,1H3,(H,26,32)(H3,24,27,28,29);4-5,10-11H,3,6-9H2,1-2H3,(H3,19,21,22,23). The Morgan fingerprint density at radius 1 is 0.461 bits per heavy atom. The van der Waals surface area contributed by atoms with E-state index < -0.39 is 18.0 Å². The quantitative estimate of drug-likeness (QED) is 0.0272. The molecule has 0 spiro atoms. The fourth-order valence-corrected chi connectivity index (χ4v) is 15.9. The Labute approximate surface area is 740 Å². The predicted octanol–water partition coefficient (Wildman–Crippen LogP) is 9.18. The van der Waals surface area contributed by atoms with Gasteiger partial charge in [0.2, 0.25) is 63.8 Å². The number of aromatic nitrogens is 17. The molecule has 5 fully saturated rings. The number of piperazine rings is 1. The van der Waals surface area contributed by atoms with Gasteiger partial charge in [0.25, 0.3) is 0 Å². The lowest BCUT2D eigenvalue weighted by atomic mass is 10.1. The maximum absolute atomic E-state index is 13.2. The second-order valence-corrected chi connectivity index (χ2v) is 30.8. The van der Waals surface area contributed by atoms with Crippen LogP contribution < -0.4 is 97.7 Å². The lowest BCUT2D eigenvalue weighted by Gasteiger charge is -2.33. The van der Waals surface area contributed by atoms with E-state index in [4.69, 9.17) is 60.8 Å². The molecular weight excluding hydrogens is 1700 g/mol. The molecular formula is C81H97F3N32O10S2. The van der Waals surface area contributed by atoms with E-state index in [1.807, 2.05) is 89.1 Å². The van der Waals surface area contributed by atoms with Crippen LogP contribution in [0.2, 0.25) is 0 Å². The van der Waals surface area contributed by atoms with Crippen LogP contribution in [-0.4, -0.2) is 268 Å². The number of carbonyl (C=O) groups is 1. The number of aryl methyl sites for hydroxylation is 1. The number of anilines is 18. The Balaban J connectivity index is 0.000000132. The summed E-state index contributed by atoms with van der Waals surface area (Å²) in [7, 11) is 8.69. The second-order valence-electron chi connectivity index (χ2n) is 29.0. The van der Waals surface area contributed by atoms with Crippen molar-refractivity contribution in [2.75, 3.05) is 241 Å². The first kappa shape index (κ1) is 88.7. The Morgan fingerprint density at radius 2 is 0.930 bits per heavy atom. The van der Waals surface area contributed by atoms with Gasteiger partial charge in [0.15, 0.2) is 17.4 Å². The molecule has 0 atom stereocenters. The number of halogens is 3. The number of methoxy groups -OCH3 is 4. The van der Waals surface area contributed by atoms with E-state index in [-0.39, 0.29) is 41.1 Å². The van der Waals surface area contributed by atoms with Gasteiger partial charge in [-0.2, -0.15) is 38.7 Å². The van der Waals surface area contributed by atoms with E-state index in [9.17, 15) is 18.0 Å². The molecule has 5 aliphatic heterocycles. The fraction of sp³-hybridized carbons (Fsp3) is 0.358. The molecule has 8 aromatic heterocycles. The zero-order chi connectivity index (χ0) is 89.4. The van der Waals surface area contributed by atoms with Crippen LogP contribution in [-0.2, 0) is 30.2 Å². The van der Waals surface area contributed by atoms with Crippen LogP contribution in [0, 0.1) is 0 Å². The van der Waals surface area contributed by atoms with Crippen LogP contribution in [0.4, 0.5) is 118 Å². The van der Waals surface area contributed by atoms with Gasteiger partial charge in [0.05, 0.1) is 131 Å². The average molecular weight is 1800 g/mol. The van der Waals surface area contributed by atoms with E-state index in [1.54, 1.807) is 51.3 Å². The third-order valence-corrected chi connectivity index (χ3v) is 22.4. The van der Waals surface area contributed by atoms with Gasteiger partial charge in [0.1, 0.15) is 35.1 Å². The molecule has 1 amide bonds. The fourth-order valence-electron chi connectivity index (χ4n) is 14.1. The number of thiazole rings is 2.